The Kier molecular flexibility index (Phi) is 27.6. The summed E-state index contributed by atoms with van der Waals surface area (Å²) >= 11 is 0. The zero-order valence-corrected chi connectivity index (χ0v) is 20.4. The molecule has 0 spiro atoms. The van der Waals surface area contributed by atoms with Gasteiger partial charge in [0, 0.05) is 5.97 Å². The molecule has 0 saturated heterocycles. The third-order valence-electron chi connectivity index (χ3n) is 3.98. The Hall–Kier alpha value is 0.203. The second kappa shape index (κ2) is 23.2. The van der Waals surface area contributed by atoms with Crippen LogP contribution in [0.4, 0.5) is 0 Å². The fourth-order valence-electron chi connectivity index (χ4n) is 2.64. The number of phosphoric acid groups is 1. The maximum Gasteiger partial charge on any atom is 1.00 e. The molecule has 0 rings (SSSR count). The van der Waals surface area contributed by atoms with Crippen molar-refractivity contribution in [1.29, 1.82) is 0 Å². The normalized spacial score (nSPS) is 10.6. The molecule has 0 aromatic heterocycles. The molecule has 26 heavy (non-hydrogen) atoms. The minimum atomic E-state index is -4.64. The minimum absolute atomic E-state index is 0. The number of carboxylic acid groups (broad SMARTS) is 1. The van der Waals surface area contributed by atoms with Crippen molar-refractivity contribution < 1.29 is 48.6 Å². The molecule has 6 nitrogen and oxygen atoms in total. The van der Waals surface area contributed by atoms with Gasteiger partial charge in [0.25, 0.3) is 0 Å². The van der Waals surface area contributed by atoms with E-state index in [0.29, 0.717) is 0 Å². The van der Waals surface area contributed by atoms with Crippen molar-refractivity contribution >= 4 is 13.8 Å². The molecule has 0 heterocycles. The molecule has 0 aliphatic carbocycles. The van der Waals surface area contributed by atoms with Crippen molar-refractivity contribution in [2.75, 3.05) is 0 Å². The molecule has 0 fully saturated rings. The van der Waals surface area contributed by atoms with Crippen LogP contribution in [0.2, 0.25) is 0 Å². The molecular weight excluding hydrogens is 409 g/mol. The first kappa shape index (κ1) is 30.9. The molecule has 0 saturated carbocycles. The van der Waals surface area contributed by atoms with E-state index in [1.165, 1.54) is 83.5 Å². The summed E-state index contributed by atoms with van der Waals surface area (Å²) in [7, 11) is -4.64. The van der Waals surface area contributed by atoms with Crippen LogP contribution >= 0.6 is 7.82 Å². The number of carboxylic acids is 1. The molecule has 0 aliphatic rings. The molecule has 153 valence electrons. The summed E-state index contributed by atoms with van der Waals surface area (Å²) in [6.45, 7) is 2.27. The summed E-state index contributed by atoms with van der Waals surface area (Å²) in [6.07, 6.45) is 19.9. The minimum Gasteiger partial charge on any atom is -0.550 e. The molecule has 0 amide bonds. The average Bonchev–Trinajstić information content (AvgIpc) is 2.49. The van der Waals surface area contributed by atoms with Crippen LogP contribution in [-0.4, -0.2) is 20.6 Å². The molecule has 0 bridgehead atoms. The predicted molar refractivity (Wildman–Crippen MR) is 98.8 cm³/mol. The summed E-state index contributed by atoms with van der Waals surface area (Å²) < 4.78 is 8.88. The van der Waals surface area contributed by atoms with Crippen LogP contribution in [0.5, 0.6) is 0 Å². The number of carbonyl (C=O) groups is 1. The van der Waals surface area contributed by atoms with Crippen molar-refractivity contribution in [3.05, 3.63) is 0 Å². The number of aliphatic carboxylic acids is 1. The summed E-state index contributed by atoms with van der Waals surface area (Å²) in [5.74, 6) is -0.903. The van der Waals surface area contributed by atoms with E-state index in [2.05, 4.69) is 6.92 Å². The van der Waals surface area contributed by atoms with Crippen molar-refractivity contribution in [2.24, 2.45) is 0 Å². The van der Waals surface area contributed by atoms with Crippen LogP contribution < -0.4 is 5.11 Å². The molecule has 0 aromatic rings. The Morgan fingerprint density at radius 3 is 1.15 bits per heavy atom. The molecule has 0 unspecified atom stereocenters. The third kappa shape index (κ3) is 44.0. The Balaban J connectivity index is -0.000000772. The van der Waals surface area contributed by atoms with Gasteiger partial charge in [-0.1, -0.05) is 96.8 Å². The summed E-state index contributed by atoms with van der Waals surface area (Å²) in [6, 6.07) is 0. The quantitative estimate of drug-likeness (QED) is 0.187. The zero-order valence-electron chi connectivity index (χ0n) is 16.5. The van der Waals surface area contributed by atoms with E-state index < -0.39 is 13.8 Å². The second-order valence-corrected chi connectivity index (χ2v) is 7.61. The van der Waals surface area contributed by atoms with Gasteiger partial charge < -0.3 is 24.6 Å². The van der Waals surface area contributed by atoms with Gasteiger partial charge in [0.1, 0.15) is 0 Å². The number of hydrogen-bond donors (Lipinski definition) is 3. The molecule has 0 atom stereocenters. The number of hydrogen-bond acceptors (Lipinski definition) is 3. The van der Waals surface area contributed by atoms with Gasteiger partial charge in [-0.25, -0.2) is 4.57 Å². The molecule has 0 aromatic carbocycles. The fourth-order valence-corrected chi connectivity index (χ4v) is 2.64. The van der Waals surface area contributed by atoms with Crippen molar-refractivity contribution in [3.8, 4) is 0 Å². The fraction of sp³-hybridized carbons (Fsp3) is 0.944. The van der Waals surface area contributed by atoms with Gasteiger partial charge in [-0.15, -0.1) is 0 Å². The van der Waals surface area contributed by atoms with E-state index in [9.17, 15) is 9.90 Å². The van der Waals surface area contributed by atoms with Crippen LogP contribution in [0.3, 0.4) is 0 Å². The number of rotatable bonds is 16. The van der Waals surface area contributed by atoms with E-state index >= 15 is 0 Å². The molecule has 1 radical (unpaired) electrons. The van der Waals surface area contributed by atoms with Crippen LogP contribution in [-0.2, 0) is 28.8 Å². The summed E-state index contributed by atoms with van der Waals surface area (Å²) in [5.41, 5.74) is 0. The van der Waals surface area contributed by atoms with E-state index in [-0.39, 0.29) is 25.9 Å². The van der Waals surface area contributed by atoms with E-state index in [4.69, 9.17) is 19.2 Å². The van der Waals surface area contributed by atoms with Gasteiger partial charge in [0.05, 0.1) is 0 Å². The van der Waals surface area contributed by atoms with Crippen LogP contribution in [0.25, 0.3) is 0 Å². The van der Waals surface area contributed by atoms with Gasteiger partial charge in [0.2, 0.25) is 0 Å². The predicted octanol–water partition coefficient (Wildman–Crippen LogP) is 4.07. The van der Waals surface area contributed by atoms with Crippen molar-refractivity contribution in [2.45, 2.75) is 110 Å². The topological polar surface area (TPSA) is 118 Å². The number of carbonyl (C=O) groups excluding carboxylic acids is 1. The standard InChI is InChI=1S/C18H36O2.H3O4P.Zn/c1-2-3-4-5-6-7-8-9-10-11-12-13-14-15-16-17-18(19)20;1-5(2,3)4;/h2-17H2,1H3,(H,19,20);(H3,1,2,3,4);/q;;+1/p-1. The van der Waals surface area contributed by atoms with Crippen LogP contribution in [0, 0.1) is 0 Å². The van der Waals surface area contributed by atoms with Crippen LogP contribution in [0.15, 0.2) is 0 Å². The van der Waals surface area contributed by atoms with Crippen LogP contribution in [0.1, 0.15) is 110 Å². The molecule has 3 N–H and O–H groups in total. The Morgan fingerprint density at radius 1 is 0.692 bits per heavy atom. The second-order valence-electron chi connectivity index (χ2n) is 6.59. The molecule has 0 aliphatic heterocycles. The smallest absolute Gasteiger partial charge is 0.550 e. The zero-order chi connectivity index (χ0) is 19.4. The van der Waals surface area contributed by atoms with E-state index in [0.717, 1.165) is 12.8 Å². The first-order valence-corrected chi connectivity index (χ1v) is 11.3. The van der Waals surface area contributed by atoms with Gasteiger partial charge in [-0.05, 0) is 12.8 Å². The average molecular weight is 447 g/mol. The van der Waals surface area contributed by atoms with E-state index in [1.807, 2.05) is 0 Å². The van der Waals surface area contributed by atoms with E-state index in [1.54, 1.807) is 0 Å². The summed E-state index contributed by atoms with van der Waals surface area (Å²) in [5, 5.41) is 10.2. The Bertz CT molecular complexity index is 327. The first-order valence-electron chi connectivity index (χ1n) is 9.75. The third-order valence-corrected chi connectivity index (χ3v) is 3.98. The monoisotopic (exact) mass is 445 g/mol. The number of unbranched alkanes of at least 4 members (excludes halogenated alkanes) is 14. The van der Waals surface area contributed by atoms with Gasteiger partial charge in [-0.3, -0.25) is 0 Å². The largest absolute Gasteiger partial charge is 1.00 e. The molecule has 8 heteroatoms. The van der Waals surface area contributed by atoms with Gasteiger partial charge in [-0.2, -0.15) is 0 Å². The SMILES string of the molecule is CCCCCCCCCCCCCCCCCC(=O)[O-].O=P(O)(O)O.[Zn+]. The summed E-state index contributed by atoms with van der Waals surface area (Å²) in [4.78, 5) is 31.8. The Labute approximate surface area is 172 Å². The maximum atomic E-state index is 10.2. The van der Waals surface area contributed by atoms with Crippen molar-refractivity contribution in [3.63, 3.8) is 0 Å². The maximum absolute atomic E-state index is 10.2. The Morgan fingerprint density at radius 2 is 0.923 bits per heavy atom. The van der Waals surface area contributed by atoms with Crippen molar-refractivity contribution in [1.82, 2.24) is 0 Å². The van der Waals surface area contributed by atoms with Gasteiger partial charge in [0.15, 0.2) is 0 Å². The first-order chi connectivity index (χ1) is 11.8. The molecular formula is C18H38O6PZn. The van der Waals surface area contributed by atoms with Gasteiger partial charge >= 0.3 is 27.3 Å².